The third kappa shape index (κ3) is 2.41. The van der Waals surface area contributed by atoms with E-state index in [1.807, 2.05) is 54.2 Å². The maximum Gasteiger partial charge on any atom is 0.202 e. The van der Waals surface area contributed by atoms with E-state index >= 15 is 0 Å². The number of allylic oxidation sites excluding steroid dienone is 1. The maximum absolute atomic E-state index is 12.1. The molecule has 0 N–H and O–H groups in total. The number of carbonyl (C=O) groups is 1. The molecule has 2 nitrogen and oxygen atoms in total. The molecular weight excluding hydrogens is 246 g/mol. The average molecular weight is 261 g/mol. The first kappa shape index (κ1) is 12.4. The Balaban J connectivity index is 1.87. The van der Waals surface area contributed by atoms with Crippen LogP contribution in [0.4, 0.5) is 0 Å². The van der Waals surface area contributed by atoms with E-state index in [-0.39, 0.29) is 5.78 Å². The van der Waals surface area contributed by atoms with Gasteiger partial charge in [-0.15, -0.1) is 0 Å². The summed E-state index contributed by atoms with van der Waals surface area (Å²) in [6.07, 6.45) is 5.36. The molecule has 0 bridgehead atoms. The summed E-state index contributed by atoms with van der Waals surface area (Å²) in [5, 5.41) is 2.39. The van der Waals surface area contributed by atoms with Crippen molar-refractivity contribution in [2.75, 3.05) is 0 Å². The van der Waals surface area contributed by atoms with Gasteiger partial charge in [-0.25, -0.2) is 0 Å². The van der Waals surface area contributed by atoms with Gasteiger partial charge >= 0.3 is 0 Å². The van der Waals surface area contributed by atoms with Gasteiger partial charge in [-0.2, -0.15) is 0 Å². The van der Waals surface area contributed by atoms with Gasteiger partial charge in [0.2, 0.25) is 5.78 Å². The summed E-state index contributed by atoms with van der Waals surface area (Å²) >= 11 is 0. The molecule has 0 aliphatic carbocycles. The van der Waals surface area contributed by atoms with Crippen LogP contribution in [-0.4, -0.2) is 10.4 Å². The van der Waals surface area contributed by atoms with Crippen molar-refractivity contribution in [1.29, 1.82) is 0 Å². The summed E-state index contributed by atoms with van der Waals surface area (Å²) in [5.74, 6) is 0.0191. The molecule has 98 valence electrons. The molecule has 1 aromatic heterocycles. The molecule has 2 heteroatoms. The van der Waals surface area contributed by atoms with Gasteiger partial charge in [0.05, 0.1) is 5.69 Å². The number of hydrogen-bond acceptors (Lipinski definition) is 1. The number of aromatic nitrogens is 1. The molecule has 3 rings (SSSR count). The summed E-state index contributed by atoms with van der Waals surface area (Å²) < 4.78 is 1.83. The van der Waals surface area contributed by atoms with Gasteiger partial charge in [0.1, 0.15) is 0 Å². The monoisotopic (exact) mass is 261 g/mol. The zero-order chi connectivity index (χ0) is 13.9. The van der Waals surface area contributed by atoms with E-state index in [9.17, 15) is 4.79 Å². The van der Waals surface area contributed by atoms with Gasteiger partial charge < -0.3 is 4.57 Å². The first-order valence-corrected chi connectivity index (χ1v) is 6.56. The summed E-state index contributed by atoms with van der Waals surface area (Å²) in [4.78, 5) is 12.1. The Bertz CT molecular complexity index is 796. The fourth-order valence-corrected chi connectivity index (χ4v) is 2.29. The molecule has 0 spiro atoms. The van der Waals surface area contributed by atoms with Crippen LogP contribution in [-0.2, 0) is 7.05 Å². The van der Waals surface area contributed by atoms with Crippen molar-refractivity contribution in [2.24, 2.45) is 7.05 Å². The Kier molecular flexibility index (Phi) is 3.21. The third-order valence-corrected chi connectivity index (χ3v) is 3.40. The molecule has 0 saturated heterocycles. The second kappa shape index (κ2) is 5.17. The van der Waals surface area contributed by atoms with Crippen LogP contribution >= 0.6 is 0 Å². The number of carbonyl (C=O) groups excluding carboxylic acids is 1. The lowest BCUT2D eigenvalue weighted by Gasteiger charge is -2.00. The second-order valence-electron chi connectivity index (χ2n) is 4.81. The van der Waals surface area contributed by atoms with E-state index in [1.165, 1.54) is 10.8 Å². The Morgan fingerprint density at radius 3 is 2.55 bits per heavy atom. The molecule has 0 amide bonds. The number of benzene rings is 2. The minimum absolute atomic E-state index is 0.0191. The Hall–Kier alpha value is -2.61. The summed E-state index contributed by atoms with van der Waals surface area (Å²) in [7, 11) is 1.87. The van der Waals surface area contributed by atoms with Gasteiger partial charge in [0, 0.05) is 13.2 Å². The molecule has 0 radical (unpaired) electrons. The van der Waals surface area contributed by atoms with Gasteiger partial charge in [0.15, 0.2) is 0 Å². The van der Waals surface area contributed by atoms with Gasteiger partial charge in [-0.05, 0) is 40.6 Å². The van der Waals surface area contributed by atoms with Crippen LogP contribution in [0.3, 0.4) is 0 Å². The average Bonchev–Trinajstić information content (AvgIpc) is 2.91. The van der Waals surface area contributed by atoms with Crippen molar-refractivity contribution >= 4 is 22.6 Å². The summed E-state index contributed by atoms with van der Waals surface area (Å²) in [6, 6.07) is 18.1. The Morgan fingerprint density at radius 1 is 1.00 bits per heavy atom. The standard InChI is InChI=1S/C18H15NO/c1-19-12-4-7-17(19)18(20)11-9-14-8-10-15-5-2-3-6-16(15)13-14/h2-13H,1H3/b11-9+. The fraction of sp³-hybridized carbons (Fsp3) is 0.0556. The highest BCUT2D eigenvalue weighted by atomic mass is 16.1. The first-order chi connectivity index (χ1) is 9.74. The SMILES string of the molecule is Cn1cccc1C(=O)/C=C/c1ccc2ccccc2c1. The molecule has 0 aliphatic rings. The first-order valence-electron chi connectivity index (χ1n) is 6.56. The van der Waals surface area contributed by atoms with Gasteiger partial charge in [0.25, 0.3) is 0 Å². The molecular formula is C18H15NO. The lowest BCUT2D eigenvalue weighted by atomic mass is 10.1. The molecule has 0 saturated carbocycles. The van der Waals surface area contributed by atoms with Crippen molar-refractivity contribution in [3.63, 3.8) is 0 Å². The molecule has 2 aromatic carbocycles. The van der Waals surface area contributed by atoms with E-state index < -0.39 is 0 Å². The van der Waals surface area contributed by atoms with Crippen LogP contribution in [0, 0.1) is 0 Å². The van der Waals surface area contributed by atoms with Crippen LogP contribution in [0.5, 0.6) is 0 Å². The predicted molar refractivity (Wildman–Crippen MR) is 82.7 cm³/mol. The van der Waals surface area contributed by atoms with Gasteiger partial charge in [-0.1, -0.05) is 42.5 Å². The van der Waals surface area contributed by atoms with Crippen molar-refractivity contribution in [1.82, 2.24) is 4.57 Å². The van der Waals surface area contributed by atoms with E-state index in [0.29, 0.717) is 5.69 Å². The van der Waals surface area contributed by atoms with Crippen LogP contribution < -0.4 is 0 Å². The summed E-state index contributed by atoms with van der Waals surface area (Å²) in [6.45, 7) is 0. The number of nitrogens with zero attached hydrogens (tertiary/aromatic N) is 1. The molecule has 20 heavy (non-hydrogen) atoms. The van der Waals surface area contributed by atoms with Crippen LogP contribution in [0.2, 0.25) is 0 Å². The maximum atomic E-state index is 12.1. The zero-order valence-electron chi connectivity index (χ0n) is 11.3. The lowest BCUT2D eigenvalue weighted by molar-refractivity contribution is 0.104. The van der Waals surface area contributed by atoms with Gasteiger partial charge in [-0.3, -0.25) is 4.79 Å². The number of hydrogen-bond donors (Lipinski definition) is 0. The Morgan fingerprint density at radius 2 is 1.80 bits per heavy atom. The molecule has 0 aliphatic heterocycles. The smallest absolute Gasteiger partial charge is 0.202 e. The highest BCUT2D eigenvalue weighted by Gasteiger charge is 2.04. The highest BCUT2D eigenvalue weighted by molar-refractivity contribution is 6.06. The van der Waals surface area contributed by atoms with Crippen molar-refractivity contribution in [3.8, 4) is 0 Å². The van der Waals surface area contributed by atoms with E-state index in [4.69, 9.17) is 0 Å². The summed E-state index contributed by atoms with van der Waals surface area (Å²) in [5.41, 5.74) is 1.73. The number of fused-ring (bicyclic) bond motifs is 1. The normalized spacial score (nSPS) is 11.2. The number of rotatable bonds is 3. The zero-order valence-corrected chi connectivity index (χ0v) is 11.3. The molecule has 0 atom stereocenters. The van der Waals surface area contributed by atoms with E-state index in [0.717, 1.165) is 5.56 Å². The Labute approximate surface area is 118 Å². The van der Waals surface area contributed by atoms with Crippen LogP contribution in [0.15, 0.2) is 66.9 Å². The van der Waals surface area contributed by atoms with Crippen molar-refractivity contribution in [2.45, 2.75) is 0 Å². The van der Waals surface area contributed by atoms with Crippen LogP contribution in [0.1, 0.15) is 16.1 Å². The largest absolute Gasteiger partial charge is 0.348 e. The molecule has 1 heterocycles. The number of ketones is 1. The minimum Gasteiger partial charge on any atom is -0.348 e. The van der Waals surface area contributed by atoms with Crippen LogP contribution in [0.25, 0.3) is 16.8 Å². The third-order valence-electron chi connectivity index (χ3n) is 3.40. The minimum atomic E-state index is 0.0191. The van der Waals surface area contributed by atoms with E-state index in [2.05, 4.69) is 24.3 Å². The lowest BCUT2D eigenvalue weighted by Crippen LogP contribution is -2.01. The predicted octanol–water partition coefficient (Wildman–Crippen LogP) is 4.07. The highest BCUT2D eigenvalue weighted by Crippen LogP contribution is 2.16. The molecule has 0 fully saturated rings. The number of aryl methyl sites for hydroxylation is 1. The molecule has 0 unspecified atom stereocenters. The van der Waals surface area contributed by atoms with Crippen molar-refractivity contribution < 1.29 is 4.79 Å². The van der Waals surface area contributed by atoms with Crippen molar-refractivity contribution in [3.05, 3.63) is 78.1 Å². The van der Waals surface area contributed by atoms with E-state index in [1.54, 1.807) is 6.08 Å². The topological polar surface area (TPSA) is 22.0 Å². The molecule has 3 aromatic rings. The quantitative estimate of drug-likeness (QED) is 0.514. The second-order valence-corrected chi connectivity index (χ2v) is 4.81. The fourth-order valence-electron chi connectivity index (χ4n) is 2.29.